The molecule has 0 fully saturated rings. The van der Waals surface area contributed by atoms with E-state index in [2.05, 4.69) is 20.8 Å². The third-order valence-corrected chi connectivity index (χ3v) is 7.37. The summed E-state index contributed by atoms with van der Waals surface area (Å²) in [6.07, 6.45) is -7.60. The van der Waals surface area contributed by atoms with Crippen LogP contribution in [0.1, 0.15) is 51.3 Å². The number of nitrogens with one attached hydrogen (secondary N) is 2. The molecule has 4 rings (SSSR count). The molecule has 2 amide bonds. The number of tetrazole rings is 1. The minimum Gasteiger partial charge on any atom is -0.443 e. The van der Waals surface area contributed by atoms with Crippen LogP contribution in [0.15, 0.2) is 84.9 Å². The Bertz CT molecular complexity index is 1640. The molecule has 3 aromatic carbocycles. The number of benzene rings is 3. The number of amides is 2. The summed E-state index contributed by atoms with van der Waals surface area (Å²) >= 11 is 0. The Morgan fingerprint density at radius 1 is 0.896 bits per heavy atom. The smallest absolute Gasteiger partial charge is 0.443 e. The van der Waals surface area contributed by atoms with Gasteiger partial charge in [0.2, 0.25) is 5.82 Å². The van der Waals surface area contributed by atoms with Gasteiger partial charge in [0, 0.05) is 18.7 Å². The van der Waals surface area contributed by atoms with Gasteiger partial charge < -0.3 is 15.2 Å². The van der Waals surface area contributed by atoms with Crippen molar-refractivity contribution in [2.24, 2.45) is 0 Å². The zero-order valence-corrected chi connectivity index (χ0v) is 27.4. The summed E-state index contributed by atoms with van der Waals surface area (Å²) in [5.41, 5.74) is 4.14. The second-order valence-corrected chi connectivity index (χ2v) is 12.9. The summed E-state index contributed by atoms with van der Waals surface area (Å²) in [7, 11) is 0. The van der Waals surface area contributed by atoms with Gasteiger partial charge in [0.1, 0.15) is 11.1 Å². The number of carbonyl (C=O) groups is 2. The Morgan fingerprint density at radius 3 is 2.08 bits per heavy atom. The lowest BCUT2D eigenvalue weighted by Crippen LogP contribution is -2.55. The molecule has 2 atom stereocenters. The molecule has 0 aliphatic rings. The number of rotatable bonds is 12. The number of halogens is 3. The Hall–Kier alpha value is -4.82. The average molecular weight is 668 g/mol. The van der Waals surface area contributed by atoms with Crippen LogP contribution in [0, 0.1) is 0 Å². The number of carbonyl (C=O) groups excluding carboxylic acids is 2. The monoisotopic (exact) mass is 667 g/mol. The van der Waals surface area contributed by atoms with Gasteiger partial charge in [0.25, 0.3) is 0 Å². The Balaban J connectivity index is 1.53. The van der Waals surface area contributed by atoms with E-state index < -0.39 is 41.5 Å². The first kappa shape index (κ1) is 36.0. The largest absolute Gasteiger partial charge is 0.471 e. The van der Waals surface area contributed by atoms with E-state index in [9.17, 15) is 27.9 Å². The van der Waals surface area contributed by atoms with Crippen LogP contribution in [-0.4, -0.2) is 72.8 Å². The quantitative estimate of drug-likeness (QED) is 0.180. The fourth-order valence-corrected chi connectivity index (χ4v) is 4.84. The van der Waals surface area contributed by atoms with Gasteiger partial charge in [-0.2, -0.15) is 18.0 Å². The van der Waals surface area contributed by atoms with Crippen LogP contribution < -0.4 is 10.7 Å². The lowest BCUT2D eigenvalue weighted by atomic mass is 9.95. The third kappa shape index (κ3) is 10.1. The van der Waals surface area contributed by atoms with Gasteiger partial charge in [0.05, 0.1) is 12.1 Å². The molecule has 0 radical (unpaired) electrons. The topological polar surface area (TPSA) is 134 Å². The van der Waals surface area contributed by atoms with Gasteiger partial charge in [-0.1, -0.05) is 84.9 Å². The van der Waals surface area contributed by atoms with Gasteiger partial charge in [-0.05, 0) is 62.9 Å². The number of hydrazine groups is 1. The zero-order valence-electron chi connectivity index (χ0n) is 27.4. The van der Waals surface area contributed by atoms with E-state index in [-0.39, 0.29) is 19.5 Å². The van der Waals surface area contributed by atoms with E-state index in [0.29, 0.717) is 22.5 Å². The van der Waals surface area contributed by atoms with Gasteiger partial charge in [0.15, 0.2) is 0 Å². The molecule has 0 aliphatic carbocycles. The van der Waals surface area contributed by atoms with E-state index in [1.165, 1.54) is 5.01 Å². The second kappa shape index (κ2) is 14.9. The molecule has 14 heteroatoms. The number of ether oxygens (including phenoxy) is 1. The number of alkyl halides is 3. The molecule has 0 aliphatic heterocycles. The van der Waals surface area contributed by atoms with Gasteiger partial charge in [-0.15, -0.1) is 10.2 Å². The molecule has 1 aromatic heterocycles. The van der Waals surface area contributed by atoms with Crippen LogP contribution in [0.2, 0.25) is 0 Å². The predicted molar refractivity (Wildman–Crippen MR) is 172 cm³/mol. The molecule has 0 saturated carbocycles. The minimum absolute atomic E-state index is 0.0308. The maximum absolute atomic E-state index is 13.2. The number of hydrogen-bond donors (Lipinski definition) is 3. The molecular formula is C34H40F3N7O4. The lowest BCUT2D eigenvalue weighted by Gasteiger charge is -2.31. The first-order chi connectivity index (χ1) is 22.5. The number of nitrogens with zero attached hydrogens (tertiary/aromatic N) is 5. The molecule has 0 saturated heterocycles. The maximum Gasteiger partial charge on any atom is 0.471 e. The van der Waals surface area contributed by atoms with Crippen molar-refractivity contribution in [3.8, 4) is 11.4 Å². The van der Waals surface area contributed by atoms with Crippen LogP contribution in [0.5, 0.6) is 0 Å². The molecule has 4 aromatic rings. The van der Waals surface area contributed by atoms with E-state index in [1.54, 1.807) is 80.2 Å². The Morgan fingerprint density at radius 2 is 1.50 bits per heavy atom. The second-order valence-electron chi connectivity index (χ2n) is 12.9. The van der Waals surface area contributed by atoms with Crippen LogP contribution in [0.4, 0.5) is 18.0 Å². The van der Waals surface area contributed by atoms with Crippen molar-refractivity contribution in [2.45, 2.75) is 77.0 Å². The Labute approximate surface area is 277 Å². The maximum atomic E-state index is 13.2. The van der Waals surface area contributed by atoms with Crippen molar-refractivity contribution in [1.82, 2.24) is 36.0 Å². The molecular weight excluding hydrogens is 627 g/mol. The number of aromatic nitrogens is 4. The van der Waals surface area contributed by atoms with Crippen molar-refractivity contribution < 1.29 is 32.6 Å². The highest BCUT2D eigenvalue weighted by Gasteiger charge is 2.41. The van der Waals surface area contributed by atoms with Crippen molar-refractivity contribution in [3.05, 3.63) is 102 Å². The first-order valence-electron chi connectivity index (χ1n) is 15.3. The highest BCUT2D eigenvalue weighted by molar-refractivity contribution is 5.82. The SMILES string of the molecule is CC(C)(C)OC(=O)NN(Cc1ccc(-c2nnn(C(C)(C)c3ccccc3)n2)cc1)C[C@H](O)[C@H](Cc1ccccc1)NC(=O)C(F)(F)F. The van der Waals surface area contributed by atoms with Gasteiger partial charge in [-0.25, -0.2) is 9.80 Å². The van der Waals surface area contributed by atoms with Crippen molar-refractivity contribution in [3.63, 3.8) is 0 Å². The highest BCUT2D eigenvalue weighted by atomic mass is 19.4. The van der Waals surface area contributed by atoms with Crippen molar-refractivity contribution >= 4 is 12.0 Å². The van der Waals surface area contributed by atoms with Crippen LogP contribution in [0.3, 0.4) is 0 Å². The fourth-order valence-electron chi connectivity index (χ4n) is 4.84. The molecule has 0 bridgehead atoms. The molecule has 11 nitrogen and oxygen atoms in total. The summed E-state index contributed by atoms with van der Waals surface area (Å²) in [6, 6.07) is 24.0. The summed E-state index contributed by atoms with van der Waals surface area (Å²) in [5.74, 6) is -1.78. The molecule has 256 valence electrons. The first-order valence-corrected chi connectivity index (χ1v) is 15.3. The van der Waals surface area contributed by atoms with Crippen LogP contribution in [-0.2, 0) is 28.0 Å². The number of aliphatic hydroxyl groups is 1. The van der Waals surface area contributed by atoms with Gasteiger partial charge in [-0.3, -0.25) is 10.2 Å². The summed E-state index contributed by atoms with van der Waals surface area (Å²) < 4.78 is 45.0. The number of hydrogen-bond acceptors (Lipinski definition) is 8. The van der Waals surface area contributed by atoms with Crippen LogP contribution >= 0.6 is 0 Å². The number of aliphatic hydroxyl groups excluding tert-OH is 1. The minimum atomic E-state index is -5.15. The molecule has 3 N–H and O–H groups in total. The normalized spacial score (nSPS) is 13.5. The highest BCUT2D eigenvalue weighted by Crippen LogP contribution is 2.25. The summed E-state index contributed by atoms with van der Waals surface area (Å²) in [6.45, 7) is 8.69. The Kier molecular flexibility index (Phi) is 11.2. The standard InChI is InChI=1S/C34H40F3N7O4/c1-32(2,3)48-31(47)41-43(22-28(45)27(38-30(46)34(35,36)37)20-23-12-8-6-9-13-23)21-24-16-18-25(19-17-24)29-39-42-44(40-29)33(4,5)26-14-10-7-11-15-26/h6-19,27-28,45H,20-22H2,1-5H3,(H,38,46)(H,41,47)/t27-,28-/m0/s1. The summed E-state index contributed by atoms with van der Waals surface area (Å²) in [5, 5.41) is 27.5. The molecule has 0 unspecified atom stereocenters. The van der Waals surface area contributed by atoms with Crippen molar-refractivity contribution in [1.29, 1.82) is 0 Å². The van der Waals surface area contributed by atoms with E-state index in [0.717, 1.165) is 5.56 Å². The van der Waals surface area contributed by atoms with Crippen LogP contribution in [0.25, 0.3) is 11.4 Å². The summed E-state index contributed by atoms with van der Waals surface area (Å²) in [4.78, 5) is 26.2. The lowest BCUT2D eigenvalue weighted by molar-refractivity contribution is -0.175. The van der Waals surface area contributed by atoms with Crippen molar-refractivity contribution in [2.75, 3.05) is 6.54 Å². The molecule has 48 heavy (non-hydrogen) atoms. The van der Waals surface area contributed by atoms with E-state index in [1.807, 2.05) is 49.5 Å². The van der Waals surface area contributed by atoms with E-state index in [4.69, 9.17) is 4.74 Å². The zero-order chi connectivity index (χ0) is 35.1. The average Bonchev–Trinajstić information content (AvgIpc) is 3.52. The third-order valence-electron chi connectivity index (χ3n) is 7.37. The molecule has 1 heterocycles. The fraction of sp³-hybridized carbons (Fsp3) is 0.382. The predicted octanol–water partition coefficient (Wildman–Crippen LogP) is 5.02. The molecule has 0 spiro atoms. The van der Waals surface area contributed by atoms with Gasteiger partial charge >= 0.3 is 18.2 Å². The van der Waals surface area contributed by atoms with E-state index >= 15 is 0 Å².